The molecule has 2 amide bonds. The van der Waals surface area contributed by atoms with Crippen LogP contribution in [-0.4, -0.2) is 51.1 Å². The van der Waals surface area contributed by atoms with Crippen LogP contribution in [0.5, 0.6) is 0 Å². The van der Waals surface area contributed by atoms with Crippen molar-refractivity contribution >= 4 is 12.0 Å². The van der Waals surface area contributed by atoms with Crippen molar-refractivity contribution < 1.29 is 14.7 Å². The van der Waals surface area contributed by atoms with Crippen LogP contribution >= 0.6 is 0 Å². The van der Waals surface area contributed by atoms with Crippen LogP contribution in [0.4, 0.5) is 4.79 Å². The van der Waals surface area contributed by atoms with Crippen molar-refractivity contribution in [2.75, 3.05) is 13.1 Å². The monoisotopic (exact) mass is 370 g/mol. The fraction of sp³-hybridized carbons (Fsp3) is 0.368. The maximum Gasteiger partial charge on any atom is 0.407 e. The van der Waals surface area contributed by atoms with Gasteiger partial charge in [-0.15, -0.1) is 0 Å². The summed E-state index contributed by atoms with van der Waals surface area (Å²) in [7, 11) is 0. The highest BCUT2D eigenvalue weighted by atomic mass is 16.4. The Morgan fingerprint density at radius 3 is 2.74 bits per heavy atom. The van der Waals surface area contributed by atoms with Crippen LogP contribution in [0, 0.1) is 5.92 Å². The number of nitrogens with one attached hydrogen (secondary N) is 2. The molecule has 1 aliphatic rings. The summed E-state index contributed by atoms with van der Waals surface area (Å²) in [6.07, 6.45) is 2.39. The minimum atomic E-state index is -0.909. The van der Waals surface area contributed by atoms with Gasteiger partial charge >= 0.3 is 11.8 Å². The van der Waals surface area contributed by atoms with Crippen molar-refractivity contribution in [1.29, 1.82) is 0 Å². The van der Waals surface area contributed by atoms with Gasteiger partial charge < -0.3 is 20.3 Å². The Hall–Kier alpha value is -3.16. The van der Waals surface area contributed by atoms with Crippen LogP contribution in [0.1, 0.15) is 28.9 Å². The zero-order valence-electron chi connectivity index (χ0n) is 14.8. The summed E-state index contributed by atoms with van der Waals surface area (Å²) < 4.78 is 0. The Morgan fingerprint density at radius 2 is 2.04 bits per heavy atom. The highest BCUT2D eigenvalue weighted by molar-refractivity contribution is 5.92. The van der Waals surface area contributed by atoms with Gasteiger partial charge in [-0.25, -0.2) is 14.6 Å². The van der Waals surface area contributed by atoms with Gasteiger partial charge in [0.2, 0.25) is 0 Å². The van der Waals surface area contributed by atoms with Gasteiger partial charge in [-0.05, 0) is 36.8 Å². The summed E-state index contributed by atoms with van der Waals surface area (Å²) in [6, 6.07) is 11.1. The minimum absolute atomic E-state index is 0.124. The van der Waals surface area contributed by atoms with Crippen LogP contribution in [0.3, 0.4) is 0 Å². The predicted octanol–water partition coefficient (Wildman–Crippen LogP) is 1.50. The molecule has 2 unspecified atom stereocenters. The van der Waals surface area contributed by atoms with E-state index >= 15 is 0 Å². The molecular weight excluding hydrogens is 348 g/mol. The third kappa shape index (κ3) is 4.93. The number of benzene rings is 1. The van der Waals surface area contributed by atoms with Gasteiger partial charge in [0.1, 0.15) is 5.69 Å². The largest absolute Gasteiger partial charge is 0.465 e. The number of hydrogen-bond acceptors (Lipinski definition) is 4. The molecule has 3 N–H and O–H groups in total. The predicted molar refractivity (Wildman–Crippen MR) is 98.6 cm³/mol. The first-order valence-corrected chi connectivity index (χ1v) is 8.90. The Kier molecular flexibility index (Phi) is 5.85. The SMILES string of the molecule is O=C(NCC1CCN(C(=O)O)C(Cc2ccccc2)C1)c1ccnc(=O)[nH]1. The standard InChI is InChI=1S/C19H22N4O4/c24-17(16-6-8-20-18(25)22-16)21-12-14-7-9-23(19(26)27)15(11-14)10-13-4-2-1-3-5-13/h1-6,8,14-15H,7,9-12H2,(H,21,24)(H,26,27)(H,20,22,25). The van der Waals surface area contributed by atoms with Crippen molar-refractivity contribution in [3.05, 3.63) is 64.3 Å². The molecular formula is C19H22N4O4. The van der Waals surface area contributed by atoms with E-state index in [-0.39, 0.29) is 23.6 Å². The van der Waals surface area contributed by atoms with Crippen molar-refractivity contribution in [1.82, 2.24) is 20.2 Å². The van der Waals surface area contributed by atoms with E-state index in [1.54, 1.807) is 0 Å². The molecule has 3 rings (SSSR count). The number of rotatable bonds is 5. The Morgan fingerprint density at radius 1 is 1.26 bits per heavy atom. The molecule has 0 saturated carbocycles. The Balaban J connectivity index is 1.61. The van der Waals surface area contributed by atoms with Gasteiger partial charge in [0, 0.05) is 25.3 Å². The van der Waals surface area contributed by atoms with E-state index < -0.39 is 11.8 Å². The van der Waals surface area contributed by atoms with Crippen LogP contribution in [0.25, 0.3) is 0 Å². The number of carbonyl (C=O) groups is 2. The number of nitrogens with zero attached hydrogens (tertiary/aromatic N) is 2. The number of aromatic nitrogens is 2. The molecule has 142 valence electrons. The number of piperidine rings is 1. The van der Waals surface area contributed by atoms with Gasteiger partial charge in [0.15, 0.2) is 0 Å². The summed E-state index contributed by atoms with van der Waals surface area (Å²) in [6.45, 7) is 0.876. The third-order valence-corrected chi connectivity index (χ3v) is 4.85. The van der Waals surface area contributed by atoms with E-state index in [1.807, 2.05) is 30.3 Å². The Bertz CT molecular complexity index is 852. The number of amides is 2. The lowest BCUT2D eigenvalue weighted by Gasteiger charge is -2.38. The molecule has 0 spiro atoms. The van der Waals surface area contributed by atoms with Crippen molar-refractivity contribution in [3.63, 3.8) is 0 Å². The average molecular weight is 370 g/mol. The summed E-state index contributed by atoms with van der Waals surface area (Å²) in [5, 5.41) is 12.3. The molecule has 2 aromatic rings. The van der Waals surface area contributed by atoms with Crippen LogP contribution in [0.15, 0.2) is 47.4 Å². The lowest BCUT2D eigenvalue weighted by atomic mass is 9.87. The number of aromatic amines is 1. The zero-order valence-corrected chi connectivity index (χ0v) is 14.8. The third-order valence-electron chi connectivity index (χ3n) is 4.85. The summed E-state index contributed by atoms with van der Waals surface area (Å²) in [4.78, 5) is 42.3. The van der Waals surface area contributed by atoms with E-state index in [9.17, 15) is 19.5 Å². The first-order chi connectivity index (χ1) is 13.0. The van der Waals surface area contributed by atoms with Crippen molar-refractivity contribution in [2.24, 2.45) is 5.92 Å². The first-order valence-electron chi connectivity index (χ1n) is 8.90. The van der Waals surface area contributed by atoms with E-state index in [0.29, 0.717) is 32.4 Å². The van der Waals surface area contributed by atoms with Gasteiger partial charge in [-0.1, -0.05) is 30.3 Å². The highest BCUT2D eigenvalue weighted by Gasteiger charge is 2.31. The molecule has 0 bridgehead atoms. The second kappa shape index (κ2) is 8.48. The fourth-order valence-corrected chi connectivity index (χ4v) is 3.48. The van der Waals surface area contributed by atoms with Gasteiger partial charge in [0.25, 0.3) is 5.91 Å². The Labute approximate surface area is 156 Å². The molecule has 2 heterocycles. The van der Waals surface area contributed by atoms with Crippen molar-refractivity contribution in [3.8, 4) is 0 Å². The quantitative estimate of drug-likeness (QED) is 0.738. The molecule has 1 aromatic heterocycles. The van der Waals surface area contributed by atoms with Crippen LogP contribution in [-0.2, 0) is 6.42 Å². The van der Waals surface area contributed by atoms with E-state index in [4.69, 9.17) is 0 Å². The summed E-state index contributed by atoms with van der Waals surface area (Å²) in [5.41, 5.74) is 0.687. The number of hydrogen-bond donors (Lipinski definition) is 3. The molecule has 8 nitrogen and oxygen atoms in total. The molecule has 0 radical (unpaired) electrons. The van der Waals surface area contributed by atoms with E-state index in [2.05, 4.69) is 15.3 Å². The molecule has 2 atom stereocenters. The molecule has 0 aliphatic carbocycles. The maximum absolute atomic E-state index is 12.2. The molecule has 8 heteroatoms. The lowest BCUT2D eigenvalue weighted by Crippen LogP contribution is -2.48. The minimum Gasteiger partial charge on any atom is -0.465 e. The average Bonchev–Trinajstić information content (AvgIpc) is 2.67. The van der Waals surface area contributed by atoms with Crippen molar-refractivity contribution in [2.45, 2.75) is 25.3 Å². The molecule has 1 fully saturated rings. The second-order valence-electron chi connectivity index (χ2n) is 6.71. The lowest BCUT2D eigenvalue weighted by molar-refractivity contribution is 0.0831. The number of likely N-dealkylation sites (tertiary alicyclic amines) is 1. The summed E-state index contributed by atoms with van der Waals surface area (Å²) in [5.74, 6) is -0.193. The smallest absolute Gasteiger partial charge is 0.407 e. The normalized spacial score (nSPS) is 19.5. The van der Waals surface area contributed by atoms with Crippen LogP contribution < -0.4 is 11.0 Å². The zero-order chi connectivity index (χ0) is 19.2. The molecule has 1 aliphatic heterocycles. The second-order valence-corrected chi connectivity index (χ2v) is 6.71. The number of carbonyl (C=O) groups excluding carboxylic acids is 1. The van der Waals surface area contributed by atoms with Crippen LogP contribution in [0.2, 0.25) is 0 Å². The number of carboxylic acid groups (broad SMARTS) is 1. The fourth-order valence-electron chi connectivity index (χ4n) is 3.48. The molecule has 1 saturated heterocycles. The molecule has 1 aromatic carbocycles. The highest BCUT2D eigenvalue weighted by Crippen LogP contribution is 2.25. The van der Waals surface area contributed by atoms with E-state index in [1.165, 1.54) is 17.2 Å². The van der Waals surface area contributed by atoms with E-state index in [0.717, 1.165) is 5.56 Å². The maximum atomic E-state index is 12.2. The van der Waals surface area contributed by atoms with Gasteiger partial charge in [-0.3, -0.25) is 4.79 Å². The summed E-state index contributed by atoms with van der Waals surface area (Å²) >= 11 is 0. The topological polar surface area (TPSA) is 115 Å². The first kappa shape index (κ1) is 18.6. The van der Waals surface area contributed by atoms with Gasteiger partial charge in [-0.2, -0.15) is 0 Å². The number of H-pyrrole nitrogens is 1. The van der Waals surface area contributed by atoms with Gasteiger partial charge in [0.05, 0.1) is 0 Å². The molecule has 27 heavy (non-hydrogen) atoms.